The number of aromatic nitrogens is 5. The number of nitrogens with zero attached hydrogens (tertiary/aromatic N) is 4. The van der Waals surface area contributed by atoms with Crippen molar-refractivity contribution in [1.29, 1.82) is 0 Å². The van der Waals surface area contributed by atoms with Crippen LogP contribution in [-0.2, 0) is 15.7 Å². The van der Waals surface area contributed by atoms with E-state index in [1.807, 2.05) is 38.1 Å². The van der Waals surface area contributed by atoms with Gasteiger partial charge in [-0.15, -0.1) is 0 Å². The number of carbonyl (C=O) groups excluding carboxylic acids is 1. The first kappa shape index (κ1) is 23.2. The van der Waals surface area contributed by atoms with E-state index in [-0.39, 0.29) is 23.9 Å². The Bertz CT molecular complexity index is 1400. The van der Waals surface area contributed by atoms with Crippen molar-refractivity contribution < 1.29 is 14.6 Å². The highest BCUT2D eigenvalue weighted by atomic mass is 35.5. The van der Waals surface area contributed by atoms with Crippen LogP contribution in [0.5, 0.6) is 11.8 Å². The van der Waals surface area contributed by atoms with E-state index in [0.717, 1.165) is 24.0 Å². The number of ether oxygens (including phenoxy) is 1. The number of benzene rings is 1. The molecule has 3 N–H and O–H groups in total. The Morgan fingerprint density at radius 2 is 1.89 bits per heavy atom. The second kappa shape index (κ2) is 8.58. The van der Waals surface area contributed by atoms with Crippen molar-refractivity contribution in [3.63, 3.8) is 0 Å². The molecule has 0 spiro atoms. The highest BCUT2D eigenvalue weighted by molar-refractivity contribution is 6.33. The molecule has 3 heterocycles. The fraction of sp³-hybridized carbons (Fsp3) is 0.320. The van der Waals surface area contributed by atoms with E-state index in [9.17, 15) is 9.90 Å². The lowest BCUT2D eigenvalue weighted by Gasteiger charge is -2.23. The van der Waals surface area contributed by atoms with Crippen LogP contribution in [0, 0.1) is 0 Å². The maximum absolute atomic E-state index is 11.4. The number of fused-ring (bicyclic) bond motifs is 1. The third-order valence-corrected chi connectivity index (χ3v) is 6.51. The Kier molecular flexibility index (Phi) is 5.69. The summed E-state index contributed by atoms with van der Waals surface area (Å²) in [5.74, 6) is 0.672. The molecule has 0 aliphatic heterocycles. The molecule has 0 bridgehead atoms. The topological polar surface area (TPSA) is 126 Å². The van der Waals surface area contributed by atoms with Gasteiger partial charge in [0.25, 0.3) is 0 Å². The zero-order valence-electron chi connectivity index (χ0n) is 19.6. The van der Waals surface area contributed by atoms with Crippen LogP contribution < -0.4 is 10.1 Å². The summed E-state index contributed by atoms with van der Waals surface area (Å²) in [4.78, 5) is 32.2. The van der Waals surface area contributed by atoms with Gasteiger partial charge in [-0.1, -0.05) is 35.9 Å². The molecule has 10 heteroatoms. The number of aliphatic hydroxyl groups excluding tert-OH is 1. The van der Waals surface area contributed by atoms with Gasteiger partial charge in [-0.2, -0.15) is 4.98 Å². The zero-order chi connectivity index (χ0) is 24.8. The molecule has 4 aromatic rings. The van der Waals surface area contributed by atoms with Gasteiger partial charge in [0.15, 0.2) is 17.2 Å². The molecular weight excluding hydrogens is 468 g/mol. The summed E-state index contributed by atoms with van der Waals surface area (Å²) in [6.45, 7) is 5.25. The van der Waals surface area contributed by atoms with Crippen LogP contribution in [0.1, 0.15) is 45.0 Å². The lowest BCUT2D eigenvalue weighted by atomic mass is 9.95. The molecule has 9 nitrogen and oxygen atoms in total. The number of halogens is 1. The second-order valence-corrected chi connectivity index (χ2v) is 9.81. The molecule has 1 saturated carbocycles. The Morgan fingerprint density at radius 3 is 2.49 bits per heavy atom. The summed E-state index contributed by atoms with van der Waals surface area (Å²) in [6, 6.07) is 9.98. The SMILES string of the molecule is CC(=O)NC(C)(C)c1ncc(Oc2nc3nc(-c4ccc(C5(CO)CC5)cc4)c(Cl)cc3[nH]2)cn1. The van der Waals surface area contributed by atoms with E-state index >= 15 is 0 Å². The summed E-state index contributed by atoms with van der Waals surface area (Å²) >= 11 is 6.53. The van der Waals surface area contributed by atoms with Crippen molar-refractivity contribution in [1.82, 2.24) is 30.2 Å². The van der Waals surface area contributed by atoms with Crippen molar-refractivity contribution in [3.05, 3.63) is 59.1 Å². The van der Waals surface area contributed by atoms with E-state index in [0.29, 0.717) is 33.5 Å². The lowest BCUT2D eigenvalue weighted by molar-refractivity contribution is -0.120. The van der Waals surface area contributed by atoms with Crippen molar-refractivity contribution in [2.24, 2.45) is 0 Å². The highest BCUT2D eigenvalue weighted by Gasteiger charge is 2.43. The number of rotatable bonds is 7. The third kappa shape index (κ3) is 4.56. The summed E-state index contributed by atoms with van der Waals surface area (Å²) in [7, 11) is 0. The van der Waals surface area contributed by atoms with E-state index in [4.69, 9.17) is 16.3 Å². The normalized spacial score (nSPS) is 14.7. The minimum Gasteiger partial charge on any atom is -0.422 e. The zero-order valence-corrected chi connectivity index (χ0v) is 20.3. The molecular formula is C25H25ClN6O3. The Balaban J connectivity index is 1.36. The molecule has 1 amide bonds. The Labute approximate surface area is 207 Å². The number of amides is 1. The standard InChI is InChI=1S/C25H25ClN6O3/c1-14(34)32-24(2,3)22-27-11-17(12-28-22)35-23-29-19-10-18(26)20(30-21(19)31-23)15-4-6-16(7-5-15)25(13-33)8-9-25/h4-7,10-12,33H,8-9,13H2,1-3H3,(H,32,34)(H,29,30,31). The summed E-state index contributed by atoms with van der Waals surface area (Å²) < 4.78 is 5.78. The smallest absolute Gasteiger partial charge is 0.301 e. The number of aliphatic hydroxyl groups is 1. The first-order valence-corrected chi connectivity index (χ1v) is 11.6. The second-order valence-electron chi connectivity index (χ2n) is 9.40. The summed E-state index contributed by atoms with van der Waals surface area (Å²) in [5.41, 5.74) is 2.90. The number of pyridine rings is 1. The van der Waals surface area contributed by atoms with Crippen LogP contribution >= 0.6 is 11.6 Å². The predicted molar refractivity (Wildman–Crippen MR) is 131 cm³/mol. The minimum absolute atomic E-state index is 0.0875. The molecule has 0 saturated heterocycles. The average Bonchev–Trinajstić information content (AvgIpc) is 3.53. The molecule has 35 heavy (non-hydrogen) atoms. The number of hydrogen-bond donors (Lipinski definition) is 3. The van der Waals surface area contributed by atoms with Crippen molar-refractivity contribution in [2.75, 3.05) is 6.61 Å². The molecule has 1 aliphatic rings. The molecule has 3 aromatic heterocycles. The maximum Gasteiger partial charge on any atom is 0.301 e. The number of imidazole rings is 1. The van der Waals surface area contributed by atoms with E-state index < -0.39 is 5.54 Å². The van der Waals surface area contributed by atoms with Crippen LogP contribution in [0.4, 0.5) is 0 Å². The van der Waals surface area contributed by atoms with Gasteiger partial charge in [-0.05, 0) is 38.3 Å². The molecule has 1 aromatic carbocycles. The van der Waals surface area contributed by atoms with Gasteiger partial charge in [-0.3, -0.25) is 4.79 Å². The largest absolute Gasteiger partial charge is 0.422 e. The number of aromatic amines is 1. The van der Waals surface area contributed by atoms with Crippen molar-refractivity contribution >= 4 is 28.7 Å². The molecule has 0 unspecified atom stereocenters. The molecule has 5 rings (SSSR count). The third-order valence-electron chi connectivity index (χ3n) is 6.22. The number of nitrogens with one attached hydrogen (secondary N) is 2. The quantitative estimate of drug-likeness (QED) is 0.352. The van der Waals surface area contributed by atoms with Gasteiger partial charge in [0.2, 0.25) is 5.91 Å². The Hall–Kier alpha value is -3.56. The number of H-pyrrole nitrogens is 1. The summed E-state index contributed by atoms with van der Waals surface area (Å²) in [5, 5.41) is 13.0. The first-order chi connectivity index (χ1) is 16.7. The van der Waals surface area contributed by atoms with E-state index in [1.54, 1.807) is 6.07 Å². The monoisotopic (exact) mass is 492 g/mol. The number of carbonyl (C=O) groups is 1. The van der Waals surface area contributed by atoms with Crippen LogP contribution in [0.3, 0.4) is 0 Å². The maximum atomic E-state index is 11.4. The van der Waals surface area contributed by atoms with E-state index in [1.165, 1.54) is 19.3 Å². The van der Waals surface area contributed by atoms with Gasteiger partial charge in [-0.25, -0.2) is 15.0 Å². The molecule has 0 radical (unpaired) electrons. The van der Waals surface area contributed by atoms with Crippen LogP contribution in [0.25, 0.3) is 22.4 Å². The van der Waals surface area contributed by atoms with Crippen LogP contribution in [0.15, 0.2) is 42.7 Å². The molecule has 0 atom stereocenters. The molecule has 1 aliphatic carbocycles. The molecule has 180 valence electrons. The van der Waals surface area contributed by atoms with Gasteiger partial charge in [0, 0.05) is 17.9 Å². The van der Waals surface area contributed by atoms with Gasteiger partial charge < -0.3 is 20.1 Å². The Morgan fingerprint density at radius 1 is 1.20 bits per heavy atom. The average molecular weight is 493 g/mol. The lowest BCUT2D eigenvalue weighted by Crippen LogP contribution is -2.41. The van der Waals surface area contributed by atoms with Crippen molar-refractivity contribution in [3.8, 4) is 23.0 Å². The van der Waals surface area contributed by atoms with Gasteiger partial charge in [0.1, 0.15) is 0 Å². The summed E-state index contributed by atoms with van der Waals surface area (Å²) in [6.07, 6.45) is 5.05. The predicted octanol–water partition coefficient (Wildman–Crippen LogP) is 4.26. The fourth-order valence-corrected chi connectivity index (χ4v) is 4.38. The fourth-order valence-electron chi connectivity index (χ4n) is 4.12. The molecule has 1 fully saturated rings. The highest BCUT2D eigenvalue weighted by Crippen LogP contribution is 2.48. The van der Waals surface area contributed by atoms with Crippen LogP contribution in [-0.4, -0.2) is 42.5 Å². The number of hydrogen-bond acceptors (Lipinski definition) is 7. The van der Waals surface area contributed by atoms with Gasteiger partial charge >= 0.3 is 6.01 Å². The van der Waals surface area contributed by atoms with Gasteiger partial charge in [0.05, 0.1) is 40.8 Å². The first-order valence-electron chi connectivity index (χ1n) is 11.3. The van der Waals surface area contributed by atoms with Crippen LogP contribution in [0.2, 0.25) is 5.02 Å². The van der Waals surface area contributed by atoms with Crippen molar-refractivity contribution in [2.45, 2.75) is 44.6 Å². The minimum atomic E-state index is -0.712. The van der Waals surface area contributed by atoms with E-state index in [2.05, 4.69) is 30.2 Å².